The Bertz CT molecular complexity index is 471. The Labute approximate surface area is 119 Å². The summed E-state index contributed by atoms with van der Waals surface area (Å²) in [6.07, 6.45) is 2.88. The third-order valence-electron chi connectivity index (χ3n) is 3.37. The topological polar surface area (TPSA) is 61.4 Å². The number of hydrogen-bond donors (Lipinski definition) is 2. The molecule has 1 aromatic rings. The molecule has 0 radical (unpaired) electrons. The van der Waals surface area contributed by atoms with Crippen LogP contribution in [0.5, 0.6) is 0 Å². The molecule has 5 nitrogen and oxygen atoms in total. The lowest BCUT2D eigenvalue weighted by molar-refractivity contribution is -0.117. The zero-order chi connectivity index (χ0) is 14.4. The lowest BCUT2D eigenvalue weighted by atomic mass is 10.2. The molecule has 2 N–H and O–H groups in total. The molecule has 0 aliphatic carbocycles. The van der Waals surface area contributed by atoms with Gasteiger partial charge in [-0.1, -0.05) is 0 Å². The van der Waals surface area contributed by atoms with Gasteiger partial charge in [0, 0.05) is 30.8 Å². The SMILES string of the molecule is CNCCCC(=O)Nc1ccc(N2CCCC2=O)cc1. The van der Waals surface area contributed by atoms with Crippen LogP contribution >= 0.6 is 0 Å². The van der Waals surface area contributed by atoms with Crippen molar-refractivity contribution in [2.75, 3.05) is 30.4 Å². The molecule has 0 atom stereocenters. The summed E-state index contributed by atoms with van der Waals surface area (Å²) in [6.45, 7) is 1.62. The third-order valence-corrected chi connectivity index (χ3v) is 3.37. The molecule has 1 heterocycles. The first-order chi connectivity index (χ1) is 9.70. The van der Waals surface area contributed by atoms with Gasteiger partial charge in [0.2, 0.25) is 11.8 Å². The quantitative estimate of drug-likeness (QED) is 0.778. The van der Waals surface area contributed by atoms with Crippen molar-refractivity contribution >= 4 is 23.2 Å². The highest BCUT2D eigenvalue weighted by Gasteiger charge is 2.21. The van der Waals surface area contributed by atoms with Gasteiger partial charge in [-0.3, -0.25) is 9.59 Å². The molecule has 108 valence electrons. The molecule has 1 aliphatic rings. The normalized spacial score (nSPS) is 14.7. The van der Waals surface area contributed by atoms with E-state index in [1.54, 1.807) is 4.90 Å². The minimum Gasteiger partial charge on any atom is -0.326 e. The summed E-state index contributed by atoms with van der Waals surface area (Å²) in [4.78, 5) is 25.1. The Morgan fingerprint density at radius 2 is 2.05 bits per heavy atom. The van der Waals surface area contributed by atoms with E-state index in [-0.39, 0.29) is 11.8 Å². The van der Waals surface area contributed by atoms with Gasteiger partial charge in [0.1, 0.15) is 0 Å². The fourth-order valence-electron chi connectivity index (χ4n) is 2.30. The van der Waals surface area contributed by atoms with Crippen molar-refractivity contribution in [3.05, 3.63) is 24.3 Å². The van der Waals surface area contributed by atoms with Crippen LogP contribution in [0.1, 0.15) is 25.7 Å². The van der Waals surface area contributed by atoms with Crippen molar-refractivity contribution in [1.29, 1.82) is 0 Å². The summed E-state index contributed by atoms with van der Waals surface area (Å²) in [7, 11) is 1.87. The van der Waals surface area contributed by atoms with E-state index in [1.165, 1.54) is 0 Å². The maximum atomic E-state index is 11.7. The second-order valence-electron chi connectivity index (χ2n) is 4.95. The molecule has 0 saturated carbocycles. The predicted molar refractivity (Wildman–Crippen MR) is 79.8 cm³/mol. The third kappa shape index (κ3) is 3.81. The summed E-state index contributed by atoms with van der Waals surface area (Å²) in [5.74, 6) is 0.194. The van der Waals surface area contributed by atoms with E-state index in [0.29, 0.717) is 12.8 Å². The first-order valence-electron chi connectivity index (χ1n) is 7.05. The van der Waals surface area contributed by atoms with E-state index >= 15 is 0 Å². The summed E-state index contributed by atoms with van der Waals surface area (Å²) in [6, 6.07) is 7.45. The minimum atomic E-state index is 0.0187. The van der Waals surface area contributed by atoms with Gasteiger partial charge in [0.05, 0.1) is 0 Å². The van der Waals surface area contributed by atoms with Gasteiger partial charge in [-0.15, -0.1) is 0 Å². The Morgan fingerprint density at radius 3 is 2.65 bits per heavy atom. The lowest BCUT2D eigenvalue weighted by Crippen LogP contribution is -2.23. The second-order valence-corrected chi connectivity index (χ2v) is 4.95. The summed E-state index contributed by atoms with van der Waals surface area (Å²) in [5, 5.41) is 5.87. The van der Waals surface area contributed by atoms with Crippen LogP contribution in [0.15, 0.2) is 24.3 Å². The minimum absolute atomic E-state index is 0.0187. The first-order valence-corrected chi connectivity index (χ1v) is 7.05. The van der Waals surface area contributed by atoms with Crippen LogP contribution in [-0.2, 0) is 9.59 Å². The summed E-state index contributed by atoms with van der Waals surface area (Å²) >= 11 is 0. The summed E-state index contributed by atoms with van der Waals surface area (Å²) in [5.41, 5.74) is 1.68. The zero-order valence-corrected chi connectivity index (χ0v) is 11.8. The average molecular weight is 275 g/mol. The maximum absolute atomic E-state index is 11.7. The molecule has 1 aromatic carbocycles. The van der Waals surface area contributed by atoms with Crippen molar-refractivity contribution in [2.24, 2.45) is 0 Å². The standard InChI is InChI=1S/C15H21N3O2/c1-16-10-2-4-14(19)17-12-6-8-13(9-7-12)18-11-3-5-15(18)20/h6-9,16H,2-5,10-11H2,1H3,(H,17,19). The highest BCUT2D eigenvalue weighted by atomic mass is 16.2. The number of amides is 2. The van der Waals surface area contributed by atoms with Gasteiger partial charge in [0.15, 0.2) is 0 Å². The Morgan fingerprint density at radius 1 is 1.30 bits per heavy atom. The van der Waals surface area contributed by atoms with E-state index in [2.05, 4.69) is 10.6 Å². The number of carbonyl (C=O) groups is 2. The van der Waals surface area contributed by atoms with Gasteiger partial charge in [-0.25, -0.2) is 0 Å². The van der Waals surface area contributed by atoms with Crippen molar-refractivity contribution in [2.45, 2.75) is 25.7 Å². The van der Waals surface area contributed by atoms with Gasteiger partial charge in [-0.2, -0.15) is 0 Å². The number of anilines is 2. The van der Waals surface area contributed by atoms with Crippen LogP contribution in [0.2, 0.25) is 0 Å². The van der Waals surface area contributed by atoms with Crippen LogP contribution < -0.4 is 15.5 Å². The number of hydrogen-bond acceptors (Lipinski definition) is 3. The fourth-order valence-corrected chi connectivity index (χ4v) is 2.30. The molecule has 1 fully saturated rings. The number of nitrogens with zero attached hydrogens (tertiary/aromatic N) is 1. The largest absolute Gasteiger partial charge is 0.326 e. The van der Waals surface area contributed by atoms with E-state index < -0.39 is 0 Å². The van der Waals surface area contributed by atoms with Gasteiger partial charge < -0.3 is 15.5 Å². The van der Waals surface area contributed by atoms with Crippen LogP contribution in [-0.4, -0.2) is 32.0 Å². The van der Waals surface area contributed by atoms with Crippen molar-refractivity contribution in [3.8, 4) is 0 Å². The second kappa shape index (κ2) is 7.05. The van der Waals surface area contributed by atoms with Crippen LogP contribution in [0.25, 0.3) is 0 Å². The smallest absolute Gasteiger partial charge is 0.227 e. The van der Waals surface area contributed by atoms with Crippen molar-refractivity contribution in [3.63, 3.8) is 0 Å². The highest BCUT2D eigenvalue weighted by Crippen LogP contribution is 2.23. The van der Waals surface area contributed by atoms with E-state index in [9.17, 15) is 9.59 Å². The number of rotatable bonds is 6. The Kier molecular flexibility index (Phi) is 5.12. The van der Waals surface area contributed by atoms with E-state index in [4.69, 9.17) is 0 Å². The lowest BCUT2D eigenvalue weighted by Gasteiger charge is -2.16. The molecular formula is C15H21N3O2. The van der Waals surface area contributed by atoms with Gasteiger partial charge >= 0.3 is 0 Å². The monoisotopic (exact) mass is 275 g/mol. The molecule has 20 heavy (non-hydrogen) atoms. The molecule has 5 heteroatoms. The molecule has 0 aromatic heterocycles. The first kappa shape index (κ1) is 14.5. The number of benzene rings is 1. The van der Waals surface area contributed by atoms with Gasteiger partial charge in [0.25, 0.3) is 0 Å². The van der Waals surface area contributed by atoms with Crippen molar-refractivity contribution in [1.82, 2.24) is 5.32 Å². The van der Waals surface area contributed by atoms with E-state index in [0.717, 1.165) is 37.3 Å². The highest BCUT2D eigenvalue weighted by molar-refractivity contribution is 5.96. The molecule has 2 amide bonds. The molecule has 2 rings (SSSR count). The fraction of sp³-hybridized carbons (Fsp3) is 0.467. The van der Waals surface area contributed by atoms with Crippen LogP contribution in [0.3, 0.4) is 0 Å². The van der Waals surface area contributed by atoms with Crippen LogP contribution in [0.4, 0.5) is 11.4 Å². The molecule has 1 saturated heterocycles. The molecule has 0 spiro atoms. The van der Waals surface area contributed by atoms with E-state index in [1.807, 2.05) is 31.3 Å². The summed E-state index contributed by atoms with van der Waals surface area (Å²) < 4.78 is 0. The number of carbonyl (C=O) groups excluding carboxylic acids is 2. The average Bonchev–Trinajstić information content (AvgIpc) is 2.86. The van der Waals surface area contributed by atoms with Gasteiger partial charge in [-0.05, 0) is 50.7 Å². The molecule has 0 bridgehead atoms. The molecule has 0 unspecified atom stereocenters. The Hall–Kier alpha value is -1.88. The predicted octanol–water partition coefficient (Wildman–Crippen LogP) is 1.75. The number of nitrogens with one attached hydrogen (secondary N) is 2. The molecular weight excluding hydrogens is 254 g/mol. The Balaban J connectivity index is 1.88. The maximum Gasteiger partial charge on any atom is 0.227 e. The molecule has 1 aliphatic heterocycles. The zero-order valence-electron chi connectivity index (χ0n) is 11.8. The van der Waals surface area contributed by atoms with Crippen molar-refractivity contribution < 1.29 is 9.59 Å². The van der Waals surface area contributed by atoms with Crippen LogP contribution in [0, 0.1) is 0 Å².